The number of benzene rings is 1. The number of rotatable bonds is 7. The van der Waals surface area contributed by atoms with Crippen molar-refractivity contribution < 1.29 is 23.9 Å². The van der Waals surface area contributed by atoms with Crippen LogP contribution in [0.5, 0.6) is 0 Å². The van der Waals surface area contributed by atoms with Crippen LogP contribution in [0.1, 0.15) is 24.8 Å². The van der Waals surface area contributed by atoms with Gasteiger partial charge in [0.05, 0.1) is 18.3 Å². The molecule has 1 aromatic carbocycles. The van der Waals surface area contributed by atoms with Crippen molar-refractivity contribution in [2.24, 2.45) is 11.8 Å². The average Bonchev–Trinajstić information content (AvgIpc) is 2.95. The maximum Gasteiger partial charge on any atom is 0.308 e. The molecule has 1 aromatic rings. The Labute approximate surface area is 163 Å². The first-order valence-electron chi connectivity index (χ1n) is 9.41. The first kappa shape index (κ1) is 19.8. The highest BCUT2D eigenvalue weighted by Gasteiger charge is 2.46. The van der Waals surface area contributed by atoms with Crippen LogP contribution in [-0.2, 0) is 30.5 Å². The second-order valence-corrected chi connectivity index (χ2v) is 7.13. The summed E-state index contributed by atoms with van der Waals surface area (Å²) >= 11 is 0. The number of hydrogen-bond acceptors (Lipinski definition) is 5. The number of nitrogens with zero attached hydrogens (tertiary/aromatic N) is 2. The third-order valence-corrected chi connectivity index (χ3v) is 5.18. The van der Waals surface area contributed by atoms with E-state index in [0.717, 1.165) is 10.5 Å². The molecule has 2 atom stereocenters. The van der Waals surface area contributed by atoms with Gasteiger partial charge >= 0.3 is 5.97 Å². The average molecular weight is 384 g/mol. The summed E-state index contributed by atoms with van der Waals surface area (Å²) < 4.78 is 5.02. The maximum absolute atomic E-state index is 12.3. The Bertz CT molecular complexity index is 763. The molecular weight excluding hydrogens is 360 g/mol. The topological polar surface area (TPSA) is 84.0 Å². The fourth-order valence-electron chi connectivity index (χ4n) is 3.56. The summed E-state index contributed by atoms with van der Waals surface area (Å²) in [6.07, 6.45) is 4.86. The van der Waals surface area contributed by atoms with Crippen LogP contribution in [-0.4, -0.2) is 53.7 Å². The summed E-state index contributed by atoms with van der Waals surface area (Å²) in [6, 6.07) is 9.50. The van der Waals surface area contributed by atoms with Crippen molar-refractivity contribution in [3.05, 3.63) is 48.0 Å². The number of fused-ring (bicyclic) bond motifs is 1. The Morgan fingerprint density at radius 2 is 1.68 bits per heavy atom. The molecule has 1 aliphatic heterocycles. The van der Waals surface area contributed by atoms with Gasteiger partial charge in [-0.1, -0.05) is 42.5 Å². The second-order valence-electron chi connectivity index (χ2n) is 7.13. The maximum atomic E-state index is 12.3. The van der Waals surface area contributed by atoms with E-state index in [4.69, 9.17) is 4.74 Å². The highest BCUT2D eigenvalue weighted by atomic mass is 16.5. The van der Waals surface area contributed by atoms with Crippen molar-refractivity contribution in [3.63, 3.8) is 0 Å². The lowest BCUT2D eigenvalue weighted by Gasteiger charge is -2.18. The minimum Gasteiger partial charge on any atom is -0.456 e. The largest absolute Gasteiger partial charge is 0.456 e. The first-order valence-corrected chi connectivity index (χ1v) is 9.41. The molecule has 1 heterocycles. The summed E-state index contributed by atoms with van der Waals surface area (Å²) in [5, 5.41) is 0. The van der Waals surface area contributed by atoms with Gasteiger partial charge in [-0.25, -0.2) is 0 Å². The zero-order valence-corrected chi connectivity index (χ0v) is 15.9. The molecule has 0 spiro atoms. The van der Waals surface area contributed by atoms with E-state index in [-0.39, 0.29) is 49.1 Å². The zero-order chi connectivity index (χ0) is 20.1. The summed E-state index contributed by atoms with van der Waals surface area (Å²) in [5.41, 5.74) is 0.978. The van der Waals surface area contributed by atoms with E-state index in [9.17, 15) is 19.2 Å². The van der Waals surface area contributed by atoms with Crippen molar-refractivity contribution in [1.29, 1.82) is 0 Å². The number of allylic oxidation sites excluding steroid dienone is 2. The van der Waals surface area contributed by atoms with E-state index in [1.807, 2.05) is 42.5 Å². The van der Waals surface area contributed by atoms with E-state index in [0.29, 0.717) is 19.4 Å². The van der Waals surface area contributed by atoms with Gasteiger partial charge in [-0.05, 0) is 18.4 Å². The van der Waals surface area contributed by atoms with Gasteiger partial charge in [0.25, 0.3) is 5.91 Å². The molecule has 0 saturated carbocycles. The molecule has 28 heavy (non-hydrogen) atoms. The van der Waals surface area contributed by atoms with E-state index in [2.05, 4.69) is 0 Å². The SMILES string of the molecule is CN(Cc1ccccc1)C(=O)COC(=O)CCN1C(=O)[C@@H]2CC=CC[C@H]2C1=O. The minimum absolute atomic E-state index is 0.00244. The summed E-state index contributed by atoms with van der Waals surface area (Å²) in [4.78, 5) is 51.4. The Hall–Kier alpha value is -2.96. The predicted octanol–water partition coefficient (Wildman–Crippen LogP) is 1.53. The van der Waals surface area contributed by atoms with Crippen molar-refractivity contribution in [1.82, 2.24) is 9.80 Å². The Kier molecular flexibility index (Phi) is 6.23. The van der Waals surface area contributed by atoms with E-state index < -0.39 is 5.97 Å². The molecule has 0 bridgehead atoms. The molecule has 148 valence electrons. The summed E-state index contributed by atoms with van der Waals surface area (Å²) in [5.74, 6) is -1.96. The van der Waals surface area contributed by atoms with Crippen LogP contribution in [0.4, 0.5) is 0 Å². The van der Waals surface area contributed by atoms with Crippen molar-refractivity contribution >= 4 is 23.7 Å². The third kappa shape index (κ3) is 4.47. The van der Waals surface area contributed by atoms with Crippen molar-refractivity contribution in [2.75, 3.05) is 20.2 Å². The fraction of sp³-hybridized carbons (Fsp3) is 0.429. The van der Waals surface area contributed by atoms with Crippen molar-refractivity contribution in [2.45, 2.75) is 25.8 Å². The fourth-order valence-corrected chi connectivity index (χ4v) is 3.56. The molecule has 3 amide bonds. The quantitative estimate of drug-likeness (QED) is 0.404. The van der Waals surface area contributed by atoms with E-state index >= 15 is 0 Å². The molecule has 1 fully saturated rings. The van der Waals surface area contributed by atoms with Crippen LogP contribution >= 0.6 is 0 Å². The molecule has 0 unspecified atom stereocenters. The lowest BCUT2D eigenvalue weighted by Crippen LogP contribution is -2.34. The predicted molar refractivity (Wildman–Crippen MR) is 101 cm³/mol. The van der Waals surface area contributed by atoms with Gasteiger partial charge in [-0.3, -0.25) is 24.1 Å². The lowest BCUT2D eigenvalue weighted by molar-refractivity contribution is -0.152. The first-order chi connectivity index (χ1) is 13.5. The molecular formula is C21H24N2O5. The number of carbonyl (C=O) groups excluding carboxylic acids is 4. The number of hydrogen-bond donors (Lipinski definition) is 0. The molecule has 0 N–H and O–H groups in total. The minimum atomic E-state index is -0.602. The van der Waals surface area contributed by atoms with Gasteiger partial charge in [0.2, 0.25) is 11.8 Å². The van der Waals surface area contributed by atoms with Crippen LogP contribution in [0.15, 0.2) is 42.5 Å². The number of amides is 3. The highest BCUT2D eigenvalue weighted by Crippen LogP contribution is 2.34. The van der Waals surface area contributed by atoms with Crippen LogP contribution in [0, 0.1) is 11.8 Å². The molecule has 7 heteroatoms. The Balaban J connectivity index is 1.41. The van der Waals surface area contributed by atoms with Crippen molar-refractivity contribution in [3.8, 4) is 0 Å². The van der Waals surface area contributed by atoms with Gasteiger partial charge < -0.3 is 9.64 Å². The molecule has 7 nitrogen and oxygen atoms in total. The lowest BCUT2D eigenvalue weighted by atomic mass is 9.85. The number of ether oxygens (including phenoxy) is 1. The molecule has 3 rings (SSSR count). The van der Waals surface area contributed by atoms with Crippen LogP contribution < -0.4 is 0 Å². The summed E-state index contributed by atoms with van der Waals surface area (Å²) in [7, 11) is 1.64. The number of esters is 1. The molecule has 0 aromatic heterocycles. The van der Waals surface area contributed by atoms with Crippen LogP contribution in [0.2, 0.25) is 0 Å². The number of imide groups is 1. The normalized spacial score (nSPS) is 20.8. The van der Waals surface area contributed by atoms with Gasteiger partial charge in [-0.2, -0.15) is 0 Å². The molecule has 2 aliphatic rings. The Morgan fingerprint density at radius 3 is 2.29 bits per heavy atom. The monoisotopic (exact) mass is 384 g/mol. The number of carbonyl (C=O) groups is 4. The zero-order valence-electron chi connectivity index (χ0n) is 15.9. The van der Waals surface area contributed by atoms with Gasteiger partial charge in [-0.15, -0.1) is 0 Å². The third-order valence-electron chi connectivity index (χ3n) is 5.18. The van der Waals surface area contributed by atoms with Gasteiger partial charge in [0, 0.05) is 20.1 Å². The Morgan fingerprint density at radius 1 is 1.07 bits per heavy atom. The second kappa shape index (κ2) is 8.82. The van der Waals surface area contributed by atoms with Gasteiger partial charge in [0.15, 0.2) is 6.61 Å². The molecule has 0 radical (unpaired) electrons. The van der Waals surface area contributed by atoms with Gasteiger partial charge in [0.1, 0.15) is 0 Å². The van der Waals surface area contributed by atoms with Crippen LogP contribution in [0.25, 0.3) is 0 Å². The number of likely N-dealkylation sites (tertiary alicyclic amines) is 1. The standard InChI is InChI=1S/C21H24N2O5/c1-22(13-15-7-3-2-4-8-15)18(24)14-28-19(25)11-12-23-20(26)16-9-5-6-10-17(16)21(23)27/h2-8,16-17H,9-14H2,1H3/t16-,17-/m1/s1. The van der Waals surface area contributed by atoms with Crippen LogP contribution in [0.3, 0.4) is 0 Å². The molecule has 1 saturated heterocycles. The highest BCUT2D eigenvalue weighted by molar-refractivity contribution is 6.05. The smallest absolute Gasteiger partial charge is 0.308 e. The van der Waals surface area contributed by atoms with E-state index in [1.165, 1.54) is 4.90 Å². The molecule has 1 aliphatic carbocycles. The van der Waals surface area contributed by atoms with E-state index in [1.54, 1.807) is 7.05 Å². The summed E-state index contributed by atoms with van der Waals surface area (Å²) in [6.45, 7) is 0.0571. The number of likely N-dealkylation sites (N-methyl/N-ethyl adjacent to an activating group) is 1.